The van der Waals surface area contributed by atoms with Crippen LogP contribution in [0.3, 0.4) is 0 Å². The fraction of sp³-hybridized carbons (Fsp3) is 0.278. The molecule has 0 saturated heterocycles. The number of aryl methyl sites for hydroxylation is 2. The number of hydrogen-bond donors (Lipinski definition) is 2. The number of sulfone groups is 1. The summed E-state index contributed by atoms with van der Waals surface area (Å²) in [6.07, 6.45) is 1.20. The van der Waals surface area contributed by atoms with E-state index in [1.54, 1.807) is 24.3 Å². The molecular weight excluding hydrogens is 340 g/mol. The zero-order valence-electron chi connectivity index (χ0n) is 14.3. The second-order valence-corrected chi connectivity index (χ2v) is 8.40. The van der Waals surface area contributed by atoms with Crippen LogP contribution in [0.1, 0.15) is 29.7 Å². The van der Waals surface area contributed by atoms with Gasteiger partial charge in [-0.2, -0.15) is 0 Å². The third-order valence-electron chi connectivity index (χ3n) is 3.80. The number of benzene rings is 2. The van der Waals surface area contributed by atoms with Gasteiger partial charge in [0.05, 0.1) is 10.9 Å². The molecule has 0 heterocycles. The van der Waals surface area contributed by atoms with Gasteiger partial charge in [0.2, 0.25) is 0 Å². The number of anilines is 1. The average Bonchev–Trinajstić information content (AvgIpc) is 2.50. The minimum Gasteiger partial charge on any atom is -0.356 e. The molecular formula is C18H22N2O2S2. The number of nitrogens with one attached hydrogen (secondary N) is 2. The van der Waals surface area contributed by atoms with Crippen LogP contribution in [0.2, 0.25) is 0 Å². The van der Waals surface area contributed by atoms with Gasteiger partial charge in [0, 0.05) is 11.9 Å². The van der Waals surface area contributed by atoms with Gasteiger partial charge in [-0.3, -0.25) is 0 Å². The standard InChI is InChI=1S/C18H22N2O2S2/c1-12-5-6-13(2)17(11-12)20-18(23)19-14(3)15-7-9-16(10-8-15)24(4,21)22/h5-11,14H,1-4H3,(H2,19,20,23)/t14-/m0/s1. The highest BCUT2D eigenvalue weighted by atomic mass is 32.2. The largest absolute Gasteiger partial charge is 0.356 e. The molecule has 2 rings (SSSR count). The molecule has 24 heavy (non-hydrogen) atoms. The summed E-state index contributed by atoms with van der Waals surface area (Å²) in [5.41, 5.74) is 4.23. The van der Waals surface area contributed by atoms with Crippen molar-refractivity contribution in [2.45, 2.75) is 31.7 Å². The fourth-order valence-electron chi connectivity index (χ4n) is 2.31. The van der Waals surface area contributed by atoms with Crippen molar-refractivity contribution in [1.82, 2.24) is 5.32 Å². The second kappa shape index (κ2) is 7.32. The first kappa shape index (κ1) is 18.4. The third kappa shape index (κ3) is 4.79. The molecule has 0 aromatic heterocycles. The van der Waals surface area contributed by atoms with Crippen molar-refractivity contribution in [2.24, 2.45) is 0 Å². The Morgan fingerprint density at radius 2 is 1.71 bits per heavy atom. The Hall–Kier alpha value is -1.92. The molecule has 0 aliphatic heterocycles. The number of rotatable bonds is 4. The number of hydrogen-bond acceptors (Lipinski definition) is 3. The van der Waals surface area contributed by atoms with Gasteiger partial charge in [-0.25, -0.2) is 8.42 Å². The molecule has 6 heteroatoms. The zero-order chi connectivity index (χ0) is 17.9. The van der Waals surface area contributed by atoms with Crippen LogP contribution in [0, 0.1) is 13.8 Å². The van der Waals surface area contributed by atoms with Gasteiger partial charge in [-0.1, -0.05) is 24.3 Å². The SMILES string of the molecule is Cc1ccc(C)c(NC(=S)N[C@@H](C)c2ccc(S(C)(=O)=O)cc2)c1. The average molecular weight is 363 g/mol. The van der Waals surface area contributed by atoms with Crippen LogP contribution >= 0.6 is 12.2 Å². The van der Waals surface area contributed by atoms with Gasteiger partial charge in [0.15, 0.2) is 14.9 Å². The molecule has 2 aromatic carbocycles. The van der Waals surface area contributed by atoms with E-state index in [1.165, 1.54) is 6.26 Å². The van der Waals surface area contributed by atoms with E-state index in [4.69, 9.17) is 12.2 Å². The molecule has 4 nitrogen and oxygen atoms in total. The summed E-state index contributed by atoms with van der Waals surface area (Å²) in [7, 11) is -3.18. The van der Waals surface area contributed by atoms with Crippen LogP contribution < -0.4 is 10.6 Å². The second-order valence-electron chi connectivity index (χ2n) is 5.98. The predicted molar refractivity (Wildman–Crippen MR) is 103 cm³/mol. The Kier molecular flexibility index (Phi) is 5.62. The van der Waals surface area contributed by atoms with E-state index in [9.17, 15) is 8.42 Å². The molecule has 0 radical (unpaired) electrons. The molecule has 0 aliphatic rings. The Labute approximate surface area is 149 Å². The summed E-state index contributed by atoms with van der Waals surface area (Å²) in [5, 5.41) is 6.96. The van der Waals surface area contributed by atoms with E-state index in [0.29, 0.717) is 10.0 Å². The normalized spacial score (nSPS) is 12.5. The van der Waals surface area contributed by atoms with Gasteiger partial charge in [0.25, 0.3) is 0 Å². The van der Waals surface area contributed by atoms with Crippen LogP contribution in [-0.4, -0.2) is 19.8 Å². The lowest BCUT2D eigenvalue weighted by atomic mass is 10.1. The maximum atomic E-state index is 11.5. The quantitative estimate of drug-likeness (QED) is 0.811. The van der Waals surface area contributed by atoms with Crippen LogP contribution in [0.15, 0.2) is 47.4 Å². The van der Waals surface area contributed by atoms with E-state index in [1.807, 2.05) is 26.8 Å². The molecule has 0 fully saturated rings. The van der Waals surface area contributed by atoms with Crippen LogP contribution in [-0.2, 0) is 9.84 Å². The van der Waals surface area contributed by atoms with Gasteiger partial charge in [-0.05, 0) is 67.9 Å². The Balaban J connectivity index is 2.05. The summed E-state index contributed by atoms with van der Waals surface area (Å²) < 4.78 is 23.0. The highest BCUT2D eigenvalue weighted by Crippen LogP contribution is 2.18. The zero-order valence-corrected chi connectivity index (χ0v) is 15.9. The molecule has 0 aliphatic carbocycles. The van der Waals surface area contributed by atoms with Crippen molar-refractivity contribution >= 4 is 32.9 Å². The molecule has 1 atom stereocenters. The molecule has 2 N–H and O–H groups in total. The van der Waals surface area contributed by atoms with E-state index in [0.717, 1.165) is 22.4 Å². The number of thiocarbonyl (C=S) groups is 1. The topological polar surface area (TPSA) is 58.2 Å². The van der Waals surface area contributed by atoms with E-state index in [2.05, 4.69) is 22.8 Å². The Bertz CT molecular complexity index is 844. The molecule has 128 valence electrons. The van der Waals surface area contributed by atoms with E-state index in [-0.39, 0.29) is 6.04 Å². The lowest BCUT2D eigenvalue weighted by Crippen LogP contribution is -2.31. The molecule has 0 saturated carbocycles. The van der Waals surface area contributed by atoms with E-state index >= 15 is 0 Å². The summed E-state index contributed by atoms with van der Waals surface area (Å²) >= 11 is 5.38. The maximum Gasteiger partial charge on any atom is 0.175 e. The van der Waals surface area contributed by atoms with Gasteiger partial charge in [-0.15, -0.1) is 0 Å². The molecule has 0 bridgehead atoms. The van der Waals surface area contributed by atoms with Gasteiger partial charge < -0.3 is 10.6 Å². The van der Waals surface area contributed by atoms with Gasteiger partial charge in [0.1, 0.15) is 0 Å². The first-order chi connectivity index (χ1) is 11.2. The smallest absolute Gasteiger partial charge is 0.175 e. The first-order valence-electron chi connectivity index (χ1n) is 7.61. The van der Waals surface area contributed by atoms with Gasteiger partial charge >= 0.3 is 0 Å². The fourth-order valence-corrected chi connectivity index (χ4v) is 3.23. The molecule has 2 aromatic rings. The van der Waals surface area contributed by atoms with Crippen molar-refractivity contribution < 1.29 is 8.42 Å². The van der Waals surface area contributed by atoms with Crippen molar-refractivity contribution in [3.63, 3.8) is 0 Å². The van der Waals surface area contributed by atoms with E-state index < -0.39 is 9.84 Å². The summed E-state index contributed by atoms with van der Waals surface area (Å²) in [6.45, 7) is 6.04. The highest BCUT2D eigenvalue weighted by molar-refractivity contribution is 7.90. The minimum absolute atomic E-state index is 0.0382. The minimum atomic E-state index is -3.18. The summed E-state index contributed by atoms with van der Waals surface area (Å²) in [4.78, 5) is 0.314. The Morgan fingerprint density at radius 3 is 2.29 bits per heavy atom. The Morgan fingerprint density at radius 1 is 1.08 bits per heavy atom. The van der Waals surface area contributed by atoms with Crippen molar-refractivity contribution in [1.29, 1.82) is 0 Å². The predicted octanol–water partition coefficient (Wildman–Crippen LogP) is 3.75. The third-order valence-corrected chi connectivity index (χ3v) is 5.15. The maximum absolute atomic E-state index is 11.5. The molecule has 0 amide bonds. The van der Waals surface area contributed by atoms with Crippen LogP contribution in [0.25, 0.3) is 0 Å². The van der Waals surface area contributed by atoms with Crippen molar-refractivity contribution in [2.75, 3.05) is 11.6 Å². The summed E-state index contributed by atoms with van der Waals surface area (Å²) in [6, 6.07) is 13.0. The summed E-state index contributed by atoms with van der Waals surface area (Å²) in [5.74, 6) is 0. The highest BCUT2D eigenvalue weighted by Gasteiger charge is 2.11. The molecule has 0 spiro atoms. The first-order valence-corrected chi connectivity index (χ1v) is 9.91. The lowest BCUT2D eigenvalue weighted by molar-refractivity contribution is 0.601. The molecule has 0 unspecified atom stereocenters. The lowest BCUT2D eigenvalue weighted by Gasteiger charge is -2.18. The van der Waals surface area contributed by atoms with Crippen LogP contribution in [0.5, 0.6) is 0 Å². The van der Waals surface area contributed by atoms with Crippen molar-refractivity contribution in [3.8, 4) is 0 Å². The van der Waals surface area contributed by atoms with Crippen molar-refractivity contribution in [3.05, 3.63) is 59.2 Å². The van der Waals surface area contributed by atoms with Crippen LogP contribution in [0.4, 0.5) is 5.69 Å². The monoisotopic (exact) mass is 362 g/mol.